The molecule has 2 aromatic rings. The van der Waals surface area contributed by atoms with Gasteiger partial charge in [0.2, 0.25) is 6.41 Å². The number of carbonyl (C=O) groups is 3. The largest absolute Gasteiger partial charge is 0.342 e. The van der Waals surface area contributed by atoms with Gasteiger partial charge in [-0.05, 0) is 42.5 Å². The molecule has 1 N–H and O–H groups in total. The Balaban J connectivity index is 1.69. The Bertz CT molecular complexity index is 815. The van der Waals surface area contributed by atoms with E-state index in [1.807, 2.05) is 0 Å². The van der Waals surface area contributed by atoms with Gasteiger partial charge in [0.05, 0.1) is 0 Å². The summed E-state index contributed by atoms with van der Waals surface area (Å²) in [5.41, 5.74) is 1.22. The lowest BCUT2D eigenvalue weighted by Crippen LogP contribution is -2.48. The second-order valence-electron chi connectivity index (χ2n) is 5.98. The van der Waals surface area contributed by atoms with Crippen LogP contribution >= 0.6 is 0 Å². The molecule has 7 heteroatoms. The molecule has 0 atom stereocenters. The molecule has 6 nitrogen and oxygen atoms in total. The third-order valence-corrected chi connectivity index (χ3v) is 4.22. The van der Waals surface area contributed by atoms with Crippen LogP contribution in [-0.4, -0.2) is 54.2 Å². The van der Waals surface area contributed by atoms with Gasteiger partial charge in [-0.2, -0.15) is 0 Å². The molecule has 26 heavy (non-hydrogen) atoms. The van der Waals surface area contributed by atoms with Gasteiger partial charge in [0, 0.05) is 43.0 Å². The molecular weight excluding hydrogens is 337 g/mol. The number of anilines is 1. The van der Waals surface area contributed by atoms with E-state index in [9.17, 15) is 18.8 Å². The number of nitrogens with zero attached hydrogens (tertiary/aromatic N) is 2. The standard InChI is InChI=1S/C19H18FN3O3/c20-16-4-6-17(7-5-16)21-18(25)14-2-1-3-15(12-14)19(26)23-10-8-22(13-24)9-11-23/h1-7,12-13H,8-11H2,(H,21,25). The lowest BCUT2D eigenvalue weighted by molar-refractivity contribution is -0.119. The van der Waals surface area contributed by atoms with Crippen molar-refractivity contribution in [2.45, 2.75) is 0 Å². The van der Waals surface area contributed by atoms with Crippen molar-refractivity contribution >= 4 is 23.9 Å². The second kappa shape index (κ2) is 7.77. The first-order chi connectivity index (χ1) is 12.6. The Kier molecular flexibility index (Phi) is 5.26. The highest BCUT2D eigenvalue weighted by Crippen LogP contribution is 2.14. The summed E-state index contributed by atoms with van der Waals surface area (Å²) < 4.78 is 12.9. The van der Waals surface area contributed by atoms with E-state index in [1.165, 1.54) is 30.3 Å². The van der Waals surface area contributed by atoms with Crippen LogP contribution in [0.25, 0.3) is 0 Å². The molecule has 1 fully saturated rings. The van der Waals surface area contributed by atoms with Gasteiger partial charge in [-0.15, -0.1) is 0 Å². The van der Waals surface area contributed by atoms with Gasteiger partial charge < -0.3 is 15.1 Å². The highest BCUT2D eigenvalue weighted by atomic mass is 19.1. The van der Waals surface area contributed by atoms with Crippen LogP contribution in [0.4, 0.5) is 10.1 Å². The Morgan fingerprint density at radius 3 is 2.27 bits per heavy atom. The molecule has 3 rings (SSSR count). The molecular formula is C19H18FN3O3. The van der Waals surface area contributed by atoms with E-state index in [-0.39, 0.29) is 17.6 Å². The minimum absolute atomic E-state index is 0.174. The number of piperazine rings is 1. The lowest BCUT2D eigenvalue weighted by Gasteiger charge is -2.32. The number of rotatable bonds is 4. The van der Waals surface area contributed by atoms with Crippen molar-refractivity contribution in [3.8, 4) is 0 Å². The number of benzene rings is 2. The third-order valence-electron chi connectivity index (χ3n) is 4.22. The van der Waals surface area contributed by atoms with Crippen LogP contribution in [0, 0.1) is 5.82 Å². The Labute approximate surface area is 150 Å². The van der Waals surface area contributed by atoms with Crippen molar-refractivity contribution in [3.63, 3.8) is 0 Å². The normalized spacial score (nSPS) is 14.0. The summed E-state index contributed by atoms with van der Waals surface area (Å²) in [7, 11) is 0. The minimum Gasteiger partial charge on any atom is -0.342 e. The highest BCUT2D eigenvalue weighted by molar-refractivity contribution is 6.06. The monoisotopic (exact) mass is 355 g/mol. The van der Waals surface area contributed by atoms with E-state index >= 15 is 0 Å². The first-order valence-electron chi connectivity index (χ1n) is 8.22. The fraction of sp³-hybridized carbons (Fsp3) is 0.211. The molecule has 0 aromatic heterocycles. The van der Waals surface area contributed by atoms with Crippen LogP contribution in [0.3, 0.4) is 0 Å². The molecule has 1 heterocycles. The van der Waals surface area contributed by atoms with Gasteiger partial charge >= 0.3 is 0 Å². The zero-order valence-corrected chi connectivity index (χ0v) is 14.0. The number of hydrogen-bond acceptors (Lipinski definition) is 3. The first kappa shape index (κ1) is 17.6. The van der Waals surface area contributed by atoms with Crippen LogP contribution in [-0.2, 0) is 4.79 Å². The highest BCUT2D eigenvalue weighted by Gasteiger charge is 2.22. The topological polar surface area (TPSA) is 69.7 Å². The van der Waals surface area contributed by atoms with E-state index in [0.717, 1.165) is 6.41 Å². The van der Waals surface area contributed by atoms with Crippen molar-refractivity contribution in [1.29, 1.82) is 0 Å². The van der Waals surface area contributed by atoms with Crippen LogP contribution < -0.4 is 5.32 Å². The van der Waals surface area contributed by atoms with Gasteiger partial charge in [-0.25, -0.2) is 4.39 Å². The second-order valence-corrected chi connectivity index (χ2v) is 5.98. The molecule has 0 aliphatic carbocycles. The number of hydrogen-bond donors (Lipinski definition) is 1. The summed E-state index contributed by atoms with van der Waals surface area (Å²) in [6.07, 6.45) is 0.780. The summed E-state index contributed by atoms with van der Waals surface area (Å²) in [4.78, 5) is 39.0. The van der Waals surface area contributed by atoms with Gasteiger partial charge in [0.15, 0.2) is 0 Å². The summed E-state index contributed by atoms with van der Waals surface area (Å²) in [6.45, 7) is 1.92. The summed E-state index contributed by atoms with van der Waals surface area (Å²) >= 11 is 0. The van der Waals surface area contributed by atoms with Gasteiger partial charge in [0.1, 0.15) is 5.82 Å². The average molecular weight is 355 g/mol. The number of amides is 3. The summed E-state index contributed by atoms with van der Waals surface area (Å²) in [6, 6.07) is 11.9. The molecule has 0 spiro atoms. The molecule has 1 aliphatic rings. The molecule has 3 amide bonds. The lowest BCUT2D eigenvalue weighted by atomic mass is 10.1. The van der Waals surface area contributed by atoms with Crippen molar-refractivity contribution < 1.29 is 18.8 Å². The number of halogens is 1. The van der Waals surface area contributed by atoms with Crippen LogP contribution in [0.15, 0.2) is 48.5 Å². The van der Waals surface area contributed by atoms with Crippen LogP contribution in [0.5, 0.6) is 0 Å². The molecule has 134 valence electrons. The molecule has 1 saturated heterocycles. The molecule has 0 bridgehead atoms. The zero-order valence-electron chi connectivity index (χ0n) is 14.0. The number of nitrogens with one attached hydrogen (secondary N) is 1. The minimum atomic E-state index is -0.384. The van der Waals surface area contributed by atoms with Crippen molar-refractivity contribution in [2.75, 3.05) is 31.5 Å². The van der Waals surface area contributed by atoms with E-state index in [0.29, 0.717) is 43.0 Å². The zero-order chi connectivity index (χ0) is 18.5. The Hall–Kier alpha value is -3.22. The third kappa shape index (κ3) is 4.05. The van der Waals surface area contributed by atoms with Crippen molar-refractivity contribution in [3.05, 3.63) is 65.5 Å². The molecule has 2 aromatic carbocycles. The average Bonchev–Trinajstić information content (AvgIpc) is 2.69. The van der Waals surface area contributed by atoms with E-state index in [4.69, 9.17) is 0 Å². The smallest absolute Gasteiger partial charge is 0.255 e. The fourth-order valence-electron chi connectivity index (χ4n) is 2.74. The Morgan fingerprint density at radius 2 is 1.62 bits per heavy atom. The van der Waals surface area contributed by atoms with Crippen molar-refractivity contribution in [1.82, 2.24) is 9.80 Å². The molecule has 0 saturated carbocycles. The molecule has 0 radical (unpaired) electrons. The Morgan fingerprint density at radius 1 is 0.962 bits per heavy atom. The van der Waals surface area contributed by atoms with Gasteiger partial charge in [-0.1, -0.05) is 6.07 Å². The fourth-order valence-corrected chi connectivity index (χ4v) is 2.74. The number of carbonyl (C=O) groups excluding carboxylic acids is 3. The van der Waals surface area contributed by atoms with Crippen LogP contribution in [0.2, 0.25) is 0 Å². The maximum absolute atomic E-state index is 12.9. The summed E-state index contributed by atoms with van der Waals surface area (Å²) in [5, 5.41) is 2.67. The maximum atomic E-state index is 12.9. The van der Waals surface area contributed by atoms with Crippen LogP contribution in [0.1, 0.15) is 20.7 Å². The predicted molar refractivity (Wildman–Crippen MR) is 94.3 cm³/mol. The first-order valence-corrected chi connectivity index (χ1v) is 8.22. The maximum Gasteiger partial charge on any atom is 0.255 e. The van der Waals surface area contributed by atoms with Crippen molar-refractivity contribution in [2.24, 2.45) is 0 Å². The van der Waals surface area contributed by atoms with Gasteiger partial charge in [-0.3, -0.25) is 14.4 Å². The molecule has 1 aliphatic heterocycles. The predicted octanol–water partition coefficient (Wildman–Crippen LogP) is 1.99. The van der Waals surface area contributed by atoms with Gasteiger partial charge in [0.25, 0.3) is 11.8 Å². The van der Waals surface area contributed by atoms with E-state index < -0.39 is 0 Å². The summed E-state index contributed by atoms with van der Waals surface area (Å²) in [5.74, 6) is -0.936. The molecule has 0 unspecified atom stereocenters. The SMILES string of the molecule is O=CN1CCN(C(=O)c2cccc(C(=O)Nc3ccc(F)cc3)c2)CC1. The quantitative estimate of drug-likeness (QED) is 0.853. The van der Waals surface area contributed by atoms with E-state index in [2.05, 4.69) is 5.32 Å². The van der Waals surface area contributed by atoms with E-state index in [1.54, 1.807) is 28.0 Å².